The maximum atomic E-state index is 13.3. The Hall–Kier alpha value is -2.34. The molecule has 1 fully saturated rings. The van der Waals surface area contributed by atoms with Crippen LogP contribution in [-0.4, -0.2) is 36.5 Å². The topological polar surface area (TPSA) is 32.3 Å². The van der Waals surface area contributed by atoms with Crippen molar-refractivity contribution in [2.75, 3.05) is 19.6 Å². The van der Waals surface area contributed by atoms with Crippen molar-refractivity contribution in [3.63, 3.8) is 0 Å². The lowest BCUT2D eigenvalue weighted by atomic mass is 10.0. The summed E-state index contributed by atoms with van der Waals surface area (Å²) in [5, 5.41) is 3.22. The van der Waals surface area contributed by atoms with Gasteiger partial charge >= 0.3 is 0 Å². The second-order valence-electron chi connectivity index (χ2n) is 5.88. The maximum absolute atomic E-state index is 13.3. The first-order valence-corrected chi connectivity index (χ1v) is 7.74. The van der Waals surface area contributed by atoms with Crippen LogP contribution in [0.4, 0.5) is 13.2 Å². The Morgan fingerprint density at radius 2 is 1.71 bits per heavy atom. The van der Waals surface area contributed by atoms with Crippen molar-refractivity contribution >= 4 is 5.91 Å². The highest BCUT2D eigenvalue weighted by Crippen LogP contribution is 2.24. The number of carbonyl (C=O) groups excluding carboxylic acids is 1. The van der Waals surface area contributed by atoms with Crippen LogP contribution in [0, 0.1) is 17.5 Å². The van der Waals surface area contributed by atoms with Crippen molar-refractivity contribution < 1.29 is 18.0 Å². The maximum Gasteiger partial charge on any atom is 0.254 e. The molecule has 6 heteroatoms. The molecule has 0 radical (unpaired) electrons. The van der Waals surface area contributed by atoms with E-state index in [0.717, 1.165) is 25.2 Å². The van der Waals surface area contributed by atoms with E-state index in [2.05, 4.69) is 5.32 Å². The number of halogens is 3. The molecule has 0 aromatic heterocycles. The van der Waals surface area contributed by atoms with Crippen molar-refractivity contribution in [1.82, 2.24) is 10.2 Å². The van der Waals surface area contributed by atoms with Gasteiger partial charge in [-0.2, -0.15) is 0 Å². The Morgan fingerprint density at radius 3 is 2.29 bits per heavy atom. The van der Waals surface area contributed by atoms with E-state index < -0.39 is 17.5 Å². The van der Waals surface area contributed by atoms with Crippen LogP contribution in [0.5, 0.6) is 0 Å². The van der Waals surface area contributed by atoms with E-state index in [4.69, 9.17) is 0 Å². The molecule has 0 saturated carbocycles. The molecule has 3 rings (SSSR count). The normalized spacial score (nSPS) is 17.8. The van der Waals surface area contributed by atoms with Gasteiger partial charge in [0.25, 0.3) is 5.91 Å². The third-order valence-electron chi connectivity index (χ3n) is 4.21. The number of hydrogen-bond acceptors (Lipinski definition) is 2. The Bertz CT molecular complexity index is 738. The first-order valence-electron chi connectivity index (χ1n) is 7.74. The number of hydrogen-bond donors (Lipinski definition) is 1. The van der Waals surface area contributed by atoms with E-state index in [0.29, 0.717) is 17.7 Å². The van der Waals surface area contributed by atoms with Gasteiger partial charge in [-0.05, 0) is 42.3 Å². The van der Waals surface area contributed by atoms with Gasteiger partial charge in [-0.25, -0.2) is 13.2 Å². The van der Waals surface area contributed by atoms with E-state index in [1.54, 1.807) is 29.2 Å². The summed E-state index contributed by atoms with van der Waals surface area (Å²) in [4.78, 5) is 14.3. The monoisotopic (exact) mass is 334 g/mol. The van der Waals surface area contributed by atoms with Gasteiger partial charge in [0.2, 0.25) is 0 Å². The Morgan fingerprint density at radius 1 is 1.08 bits per heavy atom. The minimum atomic E-state index is -1.49. The molecule has 1 atom stereocenters. The summed E-state index contributed by atoms with van der Waals surface area (Å²) in [5.74, 6) is -4.04. The van der Waals surface area contributed by atoms with Gasteiger partial charge in [0, 0.05) is 31.2 Å². The molecular formula is C18H17F3N2O. The van der Waals surface area contributed by atoms with Crippen LogP contribution in [0.3, 0.4) is 0 Å². The second kappa shape index (κ2) is 6.65. The predicted octanol–water partition coefficient (Wildman–Crippen LogP) is 3.20. The van der Waals surface area contributed by atoms with Crippen LogP contribution >= 0.6 is 0 Å². The number of nitrogens with zero attached hydrogens (tertiary/aromatic N) is 1. The SMILES string of the molecule is C[C@@H]1CNCCN1C(=O)c1ccc(-c2cc(F)c(F)c(F)c2)cc1. The molecule has 126 valence electrons. The van der Waals surface area contributed by atoms with Crippen molar-refractivity contribution in [1.29, 1.82) is 0 Å². The van der Waals surface area contributed by atoms with Gasteiger partial charge < -0.3 is 10.2 Å². The van der Waals surface area contributed by atoms with E-state index in [-0.39, 0.29) is 17.5 Å². The molecule has 2 aromatic rings. The molecule has 0 bridgehead atoms. The summed E-state index contributed by atoms with van der Waals surface area (Å²) in [5.41, 5.74) is 1.24. The number of benzene rings is 2. The first kappa shape index (κ1) is 16.5. The summed E-state index contributed by atoms with van der Waals surface area (Å²) in [7, 11) is 0. The molecular weight excluding hydrogens is 317 g/mol. The highest BCUT2D eigenvalue weighted by atomic mass is 19.2. The van der Waals surface area contributed by atoms with E-state index in [1.807, 2.05) is 6.92 Å². The fourth-order valence-electron chi connectivity index (χ4n) is 2.84. The highest BCUT2D eigenvalue weighted by Gasteiger charge is 2.24. The molecule has 24 heavy (non-hydrogen) atoms. The minimum Gasteiger partial charge on any atom is -0.333 e. The van der Waals surface area contributed by atoms with Crippen LogP contribution in [0.25, 0.3) is 11.1 Å². The smallest absolute Gasteiger partial charge is 0.254 e. The molecule has 0 aliphatic carbocycles. The summed E-state index contributed by atoms with van der Waals surface area (Å²) in [6.07, 6.45) is 0. The average molecular weight is 334 g/mol. The van der Waals surface area contributed by atoms with Gasteiger partial charge in [0.1, 0.15) is 0 Å². The minimum absolute atomic E-state index is 0.0768. The Kier molecular flexibility index (Phi) is 4.57. The van der Waals surface area contributed by atoms with Crippen LogP contribution in [-0.2, 0) is 0 Å². The highest BCUT2D eigenvalue weighted by molar-refractivity contribution is 5.95. The predicted molar refractivity (Wildman–Crippen MR) is 85.1 cm³/mol. The molecule has 1 heterocycles. The van der Waals surface area contributed by atoms with Crippen LogP contribution in [0.2, 0.25) is 0 Å². The number of piperazine rings is 1. The number of carbonyl (C=O) groups is 1. The number of amides is 1. The largest absolute Gasteiger partial charge is 0.333 e. The van der Waals surface area contributed by atoms with Crippen molar-refractivity contribution in [2.24, 2.45) is 0 Å². The zero-order valence-corrected chi connectivity index (χ0v) is 13.2. The molecule has 3 nitrogen and oxygen atoms in total. The van der Waals surface area contributed by atoms with Crippen LogP contribution in [0.1, 0.15) is 17.3 Å². The average Bonchev–Trinajstić information content (AvgIpc) is 2.59. The summed E-state index contributed by atoms with van der Waals surface area (Å²) in [6.45, 7) is 4.11. The van der Waals surface area contributed by atoms with E-state index in [1.165, 1.54) is 0 Å². The van der Waals surface area contributed by atoms with Gasteiger partial charge in [-0.1, -0.05) is 12.1 Å². The zero-order valence-electron chi connectivity index (χ0n) is 13.2. The van der Waals surface area contributed by atoms with E-state index >= 15 is 0 Å². The fourth-order valence-corrected chi connectivity index (χ4v) is 2.84. The lowest BCUT2D eigenvalue weighted by Crippen LogP contribution is -2.52. The van der Waals surface area contributed by atoms with Gasteiger partial charge in [0.05, 0.1) is 0 Å². The van der Waals surface area contributed by atoms with Crippen molar-refractivity contribution in [3.8, 4) is 11.1 Å². The molecule has 1 amide bonds. The quantitative estimate of drug-likeness (QED) is 0.856. The zero-order chi connectivity index (χ0) is 17.3. The fraction of sp³-hybridized carbons (Fsp3) is 0.278. The lowest BCUT2D eigenvalue weighted by Gasteiger charge is -2.34. The summed E-state index contributed by atoms with van der Waals surface area (Å²) < 4.78 is 39.7. The van der Waals surface area contributed by atoms with Crippen LogP contribution < -0.4 is 5.32 Å². The van der Waals surface area contributed by atoms with E-state index in [9.17, 15) is 18.0 Å². The van der Waals surface area contributed by atoms with Crippen molar-refractivity contribution in [3.05, 3.63) is 59.4 Å². The summed E-state index contributed by atoms with van der Waals surface area (Å²) >= 11 is 0. The number of rotatable bonds is 2. The van der Waals surface area contributed by atoms with Crippen LogP contribution in [0.15, 0.2) is 36.4 Å². The molecule has 0 unspecified atom stereocenters. The molecule has 1 aliphatic rings. The third-order valence-corrected chi connectivity index (χ3v) is 4.21. The molecule has 1 saturated heterocycles. The van der Waals surface area contributed by atoms with Gasteiger partial charge in [-0.15, -0.1) is 0 Å². The molecule has 1 N–H and O–H groups in total. The second-order valence-corrected chi connectivity index (χ2v) is 5.88. The third kappa shape index (κ3) is 3.14. The first-order chi connectivity index (χ1) is 11.5. The molecule has 0 spiro atoms. The Balaban J connectivity index is 1.84. The van der Waals surface area contributed by atoms with Gasteiger partial charge in [0.15, 0.2) is 17.5 Å². The Labute approximate surface area is 138 Å². The summed E-state index contributed by atoms with van der Waals surface area (Å²) in [6, 6.07) is 8.42. The lowest BCUT2D eigenvalue weighted by molar-refractivity contribution is 0.0656. The molecule has 2 aromatic carbocycles. The number of nitrogens with one attached hydrogen (secondary N) is 1. The molecule has 1 aliphatic heterocycles. The van der Waals surface area contributed by atoms with Crippen molar-refractivity contribution in [2.45, 2.75) is 13.0 Å². The standard InChI is InChI=1S/C18H17F3N2O/c1-11-10-22-6-7-23(11)18(24)13-4-2-12(3-5-13)14-8-15(19)17(21)16(20)9-14/h2-5,8-9,11,22H,6-7,10H2,1H3/t11-/m1/s1. The van der Waals surface area contributed by atoms with Gasteiger partial charge in [-0.3, -0.25) is 4.79 Å².